The number of aliphatic hydroxyl groups excluding tert-OH is 1. The standard InChI is InChI=1S/C15H24N2O/c1-4-8-16(9-5-2)12-15(18)13-17-10-6-14(3)7-11-17/h1-2,14-15,18H,6-13H2,3H3. The third kappa shape index (κ3) is 5.56. The maximum Gasteiger partial charge on any atom is 0.0794 e. The van der Waals surface area contributed by atoms with Crippen molar-refractivity contribution < 1.29 is 5.11 Å². The Hall–Kier alpha value is -1.00. The second kappa shape index (κ2) is 8.16. The Morgan fingerprint density at radius 1 is 1.28 bits per heavy atom. The first-order chi connectivity index (χ1) is 8.65. The van der Waals surface area contributed by atoms with E-state index in [1.807, 2.05) is 4.90 Å². The summed E-state index contributed by atoms with van der Waals surface area (Å²) in [6.45, 7) is 6.73. The third-order valence-corrected chi connectivity index (χ3v) is 3.44. The maximum absolute atomic E-state index is 10.1. The van der Waals surface area contributed by atoms with Crippen molar-refractivity contribution in [3.63, 3.8) is 0 Å². The number of β-amino-alcohol motifs (C(OH)–C–C–N with tert-alkyl or cyclic N) is 1. The van der Waals surface area contributed by atoms with Gasteiger partial charge in [-0.05, 0) is 31.8 Å². The zero-order valence-electron chi connectivity index (χ0n) is 11.3. The molecule has 0 radical (unpaired) electrons. The number of likely N-dealkylation sites (tertiary alicyclic amines) is 1. The SMILES string of the molecule is C#CCN(CC#C)CC(O)CN1CCC(C)CC1. The van der Waals surface area contributed by atoms with E-state index in [0.29, 0.717) is 19.6 Å². The Morgan fingerprint density at radius 3 is 2.33 bits per heavy atom. The van der Waals surface area contributed by atoms with E-state index in [1.54, 1.807) is 0 Å². The Kier molecular flexibility index (Phi) is 6.83. The fourth-order valence-electron chi connectivity index (χ4n) is 2.34. The van der Waals surface area contributed by atoms with Gasteiger partial charge in [0.15, 0.2) is 0 Å². The van der Waals surface area contributed by atoms with Crippen LogP contribution in [0.3, 0.4) is 0 Å². The molecule has 1 unspecified atom stereocenters. The van der Waals surface area contributed by atoms with Gasteiger partial charge in [-0.2, -0.15) is 0 Å². The van der Waals surface area contributed by atoms with Crippen molar-refractivity contribution >= 4 is 0 Å². The largest absolute Gasteiger partial charge is 0.390 e. The summed E-state index contributed by atoms with van der Waals surface area (Å²) in [7, 11) is 0. The lowest BCUT2D eigenvalue weighted by molar-refractivity contribution is 0.0680. The quantitative estimate of drug-likeness (QED) is 0.699. The zero-order chi connectivity index (χ0) is 13.4. The van der Waals surface area contributed by atoms with Gasteiger partial charge in [0.1, 0.15) is 0 Å². The lowest BCUT2D eigenvalue weighted by Gasteiger charge is -2.32. The van der Waals surface area contributed by atoms with E-state index in [2.05, 4.69) is 23.7 Å². The highest BCUT2D eigenvalue weighted by molar-refractivity contribution is 4.95. The molecule has 3 nitrogen and oxygen atoms in total. The first kappa shape index (κ1) is 15.1. The molecule has 18 heavy (non-hydrogen) atoms. The van der Waals surface area contributed by atoms with Crippen LogP contribution in [0.1, 0.15) is 19.8 Å². The van der Waals surface area contributed by atoms with Crippen molar-refractivity contribution in [1.29, 1.82) is 0 Å². The average molecular weight is 248 g/mol. The monoisotopic (exact) mass is 248 g/mol. The van der Waals surface area contributed by atoms with Crippen LogP contribution < -0.4 is 0 Å². The normalized spacial score (nSPS) is 19.4. The van der Waals surface area contributed by atoms with Gasteiger partial charge in [-0.25, -0.2) is 0 Å². The molecule has 0 saturated carbocycles. The van der Waals surface area contributed by atoms with Crippen LogP contribution in [-0.4, -0.2) is 60.3 Å². The topological polar surface area (TPSA) is 26.7 Å². The van der Waals surface area contributed by atoms with Crippen molar-refractivity contribution in [3.8, 4) is 24.7 Å². The van der Waals surface area contributed by atoms with Crippen molar-refractivity contribution in [3.05, 3.63) is 0 Å². The number of hydrogen-bond donors (Lipinski definition) is 1. The predicted octanol–water partition coefficient (Wildman–Crippen LogP) is 0.648. The van der Waals surface area contributed by atoms with E-state index >= 15 is 0 Å². The van der Waals surface area contributed by atoms with Gasteiger partial charge in [0.2, 0.25) is 0 Å². The highest BCUT2D eigenvalue weighted by Gasteiger charge is 2.19. The summed E-state index contributed by atoms with van der Waals surface area (Å²) in [6.07, 6.45) is 12.6. The smallest absolute Gasteiger partial charge is 0.0794 e. The molecule has 0 aromatic carbocycles. The van der Waals surface area contributed by atoms with Crippen molar-refractivity contribution in [1.82, 2.24) is 9.80 Å². The summed E-state index contributed by atoms with van der Waals surface area (Å²) in [5, 5.41) is 10.1. The van der Waals surface area contributed by atoms with Crippen LogP contribution in [0.4, 0.5) is 0 Å². The molecule has 1 fully saturated rings. The van der Waals surface area contributed by atoms with Crippen LogP contribution in [0.25, 0.3) is 0 Å². The van der Waals surface area contributed by atoms with Gasteiger partial charge >= 0.3 is 0 Å². The molecule has 100 valence electrons. The lowest BCUT2D eigenvalue weighted by atomic mass is 9.99. The molecular weight excluding hydrogens is 224 g/mol. The van der Waals surface area contributed by atoms with Crippen molar-refractivity contribution in [2.75, 3.05) is 39.3 Å². The van der Waals surface area contributed by atoms with Crippen LogP contribution in [-0.2, 0) is 0 Å². The third-order valence-electron chi connectivity index (χ3n) is 3.44. The number of piperidine rings is 1. The number of hydrogen-bond acceptors (Lipinski definition) is 3. The summed E-state index contributed by atoms with van der Waals surface area (Å²) in [6, 6.07) is 0. The van der Waals surface area contributed by atoms with E-state index < -0.39 is 0 Å². The van der Waals surface area contributed by atoms with E-state index in [4.69, 9.17) is 12.8 Å². The molecule has 1 aliphatic rings. The second-order valence-electron chi connectivity index (χ2n) is 5.21. The molecule has 1 N–H and O–H groups in total. The first-order valence-corrected chi connectivity index (χ1v) is 6.65. The predicted molar refractivity (Wildman–Crippen MR) is 75.0 cm³/mol. The minimum absolute atomic E-state index is 0.375. The lowest BCUT2D eigenvalue weighted by Crippen LogP contribution is -2.43. The fourth-order valence-corrected chi connectivity index (χ4v) is 2.34. The number of terminal acetylenes is 2. The van der Waals surface area contributed by atoms with Gasteiger partial charge in [-0.1, -0.05) is 18.8 Å². The molecule has 0 amide bonds. The van der Waals surface area contributed by atoms with Crippen LogP contribution >= 0.6 is 0 Å². The Morgan fingerprint density at radius 2 is 1.83 bits per heavy atom. The summed E-state index contributed by atoms with van der Waals surface area (Å²) in [4.78, 5) is 4.26. The van der Waals surface area contributed by atoms with Crippen LogP contribution in [0.2, 0.25) is 0 Å². The molecule has 1 atom stereocenters. The number of aliphatic hydroxyl groups is 1. The summed E-state index contributed by atoms with van der Waals surface area (Å²) in [5.41, 5.74) is 0. The van der Waals surface area contributed by atoms with Gasteiger partial charge in [0.05, 0.1) is 19.2 Å². The number of nitrogens with zero attached hydrogens (tertiary/aromatic N) is 2. The molecule has 0 aromatic heterocycles. The highest BCUT2D eigenvalue weighted by atomic mass is 16.3. The highest BCUT2D eigenvalue weighted by Crippen LogP contribution is 2.16. The summed E-state index contributed by atoms with van der Waals surface area (Å²) in [5.74, 6) is 5.96. The fraction of sp³-hybridized carbons (Fsp3) is 0.733. The van der Waals surface area contributed by atoms with Crippen LogP contribution in [0, 0.1) is 30.6 Å². The Labute approximate surface area is 111 Å². The summed E-state index contributed by atoms with van der Waals surface area (Å²) >= 11 is 0. The summed E-state index contributed by atoms with van der Waals surface area (Å²) < 4.78 is 0. The van der Waals surface area contributed by atoms with E-state index in [1.165, 1.54) is 12.8 Å². The Balaban J connectivity index is 2.29. The molecular formula is C15H24N2O. The van der Waals surface area contributed by atoms with E-state index in [0.717, 1.165) is 25.6 Å². The number of rotatable bonds is 6. The van der Waals surface area contributed by atoms with Gasteiger partial charge in [0.25, 0.3) is 0 Å². The molecule has 0 aromatic rings. The average Bonchev–Trinajstić information content (AvgIpc) is 2.33. The van der Waals surface area contributed by atoms with Gasteiger partial charge < -0.3 is 10.0 Å². The Bertz CT molecular complexity index is 291. The first-order valence-electron chi connectivity index (χ1n) is 6.65. The molecule has 1 rings (SSSR count). The van der Waals surface area contributed by atoms with Crippen LogP contribution in [0.5, 0.6) is 0 Å². The molecule has 3 heteroatoms. The molecule has 1 saturated heterocycles. The molecule has 1 aliphatic heterocycles. The minimum atomic E-state index is -0.375. The molecule has 0 aliphatic carbocycles. The maximum atomic E-state index is 10.1. The minimum Gasteiger partial charge on any atom is -0.390 e. The van der Waals surface area contributed by atoms with Gasteiger partial charge in [-0.15, -0.1) is 12.8 Å². The van der Waals surface area contributed by atoms with Gasteiger partial charge in [-0.3, -0.25) is 4.90 Å². The zero-order valence-corrected chi connectivity index (χ0v) is 11.3. The van der Waals surface area contributed by atoms with Crippen LogP contribution in [0.15, 0.2) is 0 Å². The molecule has 0 spiro atoms. The second-order valence-corrected chi connectivity index (χ2v) is 5.21. The van der Waals surface area contributed by atoms with Gasteiger partial charge in [0, 0.05) is 13.1 Å². The van der Waals surface area contributed by atoms with E-state index in [-0.39, 0.29) is 6.10 Å². The molecule has 0 bridgehead atoms. The van der Waals surface area contributed by atoms with Crippen molar-refractivity contribution in [2.45, 2.75) is 25.9 Å². The van der Waals surface area contributed by atoms with E-state index in [9.17, 15) is 5.11 Å². The van der Waals surface area contributed by atoms with Crippen molar-refractivity contribution in [2.24, 2.45) is 5.92 Å². The molecule has 1 heterocycles.